The van der Waals surface area contributed by atoms with Gasteiger partial charge in [0.05, 0.1) is 10.1 Å². The van der Waals surface area contributed by atoms with Crippen LogP contribution in [0.15, 0.2) is 29.2 Å². The minimum Gasteiger partial charge on any atom is -0.355 e. The largest absolute Gasteiger partial charge is 0.355 e. The van der Waals surface area contributed by atoms with Gasteiger partial charge in [0.15, 0.2) is 9.84 Å². The Morgan fingerprint density at radius 1 is 1.28 bits per heavy atom. The van der Waals surface area contributed by atoms with E-state index in [-0.39, 0.29) is 16.1 Å². The first-order chi connectivity index (χ1) is 8.55. The second-order valence-electron chi connectivity index (χ2n) is 4.56. The van der Waals surface area contributed by atoms with Crippen LogP contribution in [-0.4, -0.2) is 26.6 Å². The second-order valence-corrected chi connectivity index (χ2v) is 6.79. The lowest BCUT2D eigenvalue weighted by molar-refractivity contribution is 0.0963. The lowest BCUT2D eigenvalue weighted by Gasteiger charge is -2.11. The quantitative estimate of drug-likeness (QED) is 0.907. The molecule has 18 heavy (non-hydrogen) atoms. The first-order valence-corrected chi connectivity index (χ1v) is 7.66. The molecule has 98 valence electrons. The van der Waals surface area contributed by atoms with Crippen LogP contribution in [0.2, 0.25) is 0 Å². The molecule has 0 saturated heterocycles. The van der Waals surface area contributed by atoms with Crippen molar-refractivity contribution in [2.24, 2.45) is 0 Å². The standard InChI is InChI=1S/C13H17NO3S/c1-14-13(15)10-5-4-8-12(9-10)18(16,17)11-6-2-3-7-11/h4-5,8-9,11H,2-3,6-7H2,1H3,(H,14,15). The predicted octanol–water partition coefficient (Wildman–Crippen LogP) is 1.76. The summed E-state index contributed by atoms with van der Waals surface area (Å²) in [4.78, 5) is 11.8. The van der Waals surface area contributed by atoms with Gasteiger partial charge in [0.1, 0.15) is 0 Å². The number of carbonyl (C=O) groups excluding carboxylic acids is 1. The molecule has 1 saturated carbocycles. The maximum atomic E-state index is 12.4. The van der Waals surface area contributed by atoms with Gasteiger partial charge in [-0.2, -0.15) is 0 Å². The average molecular weight is 267 g/mol. The van der Waals surface area contributed by atoms with Crippen molar-refractivity contribution in [3.63, 3.8) is 0 Å². The average Bonchev–Trinajstić information content (AvgIpc) is 2.92. The van der Waals surface area contributed by atoms with Gasteiger partial charge in [-0.1, -0.05) is 18.9 Å². The topological polar surface area (TPSA) is 63.2 Å². The molecule has 5 heteroatoms. The van der Waals surface area contributed by atoms with Crippen molar-refractivity contribution < 1.29 is 13.2 Å². The minimum atomic E-state index is -3.28. The summed E-state index contributed by atoms with van der Waals surface area (Å²) in [6.45, 7) is 0. The van der Waals surface area contributed by atoms with E-state index < -0.39 is 9.84 Å². The zero-order valence-corrected chi connectivity index (χ0v) is 11.2. The number of hydrogen-bond donors (Lipinski definition) is 1. The molecule has 1 aliphatic carbocycles. The van der Waals surface area contributed by atoms with E-state index in [9.17, 15) is 13.2 Å². The molecule has 0 bridgehead atoms. The summed E-state index contributed by atoms with van der Waals surface area (Å²) >= 11 is 0. The van der Waals surface area contributed by atoms with Gasteiger partial charge in [-0.05, 0) is 31.0 Å². The van der Waals surface area contributed by atoms with Gasteiger partial charge in [-0.15, -0.1) is 0 Å². The third kappa shape index (κ3) is 2.41. The van der Waals surface area contributed by atoms with Crippen molar-refractivity contribution in [2.75, 3.05) is 7.05 Å². The molecule has 1 N–H and O–H groups in total. The molecular formula is C13H17NO3S. The maximum absolute atomic E-state index is 12.4. The molecule has 1 aromatic carbocycles. The molecule has 1 fully saturated rings. The minimum absolute atomic E-state index is 0.260. The van der Waals surface area contributed by atoms with Gasteiger partial charge >= 0.3 is 0 Å². The van der Waals surface area contributed by atoms with E-state index in [1.165, 1.54) is 13.1 Å². The Morgan fingerprint density at radius 3 is 2.56 bits per heavy atom. The van der Waals surface area contributed by atoms with Crippen LogP contribution in [0.1, 0.15) is 36.0 Å². The number of benzene rings is 1. The number of sulfone groups is 1. The third-order valence-electron chi connectivity index (χ3n) is 3.39. The lowest BCUT2D eigenvalue weighted by atomic mass is 10.2. The summed E-state index contributed by atoms with van der Waals surface area (Å²) in [6, 6.07) is 6.27. The Balaban J connectivity index is 2.35. The second kappa shape index (κ2) is 5.10. The molecule has 0 spiro atoms. The van der Waals surface area contributed by atoms with Crippen molar-refractivity contribution in [1.82, 2.24) is 5.32 Å². The highest BCUT2D eigenvalue weighted by Crippen LogP contribution is 2.29. The van der Waals surface area contributed by atoms with Gasteiger partial charge < -0.3 is 5.32 Å². The van der Waals surface area contributed by atoms with E-state index in [4.69, 9.17) is 0 Å². The van der Waals surface area contributed by atoms with Crippen molar-refractivity contribution in [1.29, 1.82) is 0 Å². The normalized spacial score (nSPS) is 16.7. The Morgan fingerprint density at radius 2 is 1.94 bits per heavy atom. The summed E-state index contributed by atoms with van der Waals surface area (Å²) in [7, 11) is -1.75. The van der Waals surface area contributed by atoms with Crippen LogP contribution >= 0.6 is 0 Å². The van der Waals surface area contributed by atoms with Gasteiger partial charge in [0.2, 0.25) is 0 Å². The third-order valence-corrected chi connectivity index (χ3v) is 5.65. The van der Waals surface area contributed by atoms with Crippen molar-refractivity contribution in [2.45, 2.75) is 35.8 Å². The molecule has 2 rings (SSSR count). The highest BCUT2D eigenvalue weighted by molar-refractivity contribution is 7.92. The van der Waals surface area contributed by atoms with Crippen LogP contribution in [0.25, 0.3) is 0 Å². The van der Waals surface area contributed by atoms with Crippen LogP contribution in [0, 0.1) is 0 Å². The Kier molecular flexibility index (Phi) is 3.71. The molecule has 0 aromatic heterocycles. The first-order valence-electron chi connectivity index (χ1n) is 6.12. The highest BCUT2D eigenvalue weighted by Gasteiger charge is 2.30. The lowest BCUT2D eigenvalue weighted by Crippen LogP contribution is -2.20. The molecule has 4 nitrogen and oxygen atoms in total. The zero-order chi connectivity index (χ0) is 13.2. The maximum Gasteiger partial charge on any atom is 0.251 e. The van der Waals surface area contributed by atoms with Crippen LogP contribution in [-0.2, 0) is 9.84 Å². The van der Waals surface area contributed by atoms with Crippen molar-refractivity contribution >= 4 is 15.7 Å². The van der Waals surface area contributed by atoms with Gasteiger partial charge in [0, 0.05) is 12.6 Å². The van der Waals surface area contributed by atoms with Gasteiger partial charge in [-0.3, -0.25) is 4.79 Å². The van der Waals surface area contributed by atoms with Crippen LogP contribution < -0.4 is 5.32 Å². The molecule has 0 unspecified atom stereocenters. The van der Waals surface area contributed by atoms with E-state index >= 15 is 0 Å². The van der Waals surface area contributed by atoms with Crippen LogP contribution in [0.4, 0.5) is 0 Å². The Bertz CT molecular complexity index is 545. The number of nitrogens with one attached hydrogen (secondary N) is 1. The first kappa shape index (κ1) is 13.1. The number of hydrogen-bond acceptors (Lipinski definition) is 3. The van der Waals surface area contributed by atoms with Crippen LogP contribution in [0.3, 0.4) is 0 Å². The summed E-state index contributed by atoms with van der Waals surface area (Å²) in [5.41, 5.74) is 0.386. The van der Waals surface area contributed by atoms with E-state index in [1.54, 1.807) is 18.2 Å². The number of carbonyl (C=O) groups is 1. The van der Waals surface area contributed by atoms with E-state index in [2.05, 4.69) is 5.32 Å². The molecule has 1 aromatic rings. The van der Waals surface area contributed by atoms with E-state index in [0.717, 1.165) is 25.7 Å². The molecule has 1 aliphatic rings. The molecule has 0 aliphatic heterocycles. The summed E-state index contributed by atoms with van der Waals surface area (Å²) < 4.78 is 24.7. The summed E-state index contributed by atoms with van der Waals surface area (Å²) in [5, 5.41) is 2.22. The van der Waals surface area contributed by atoms with Gasteiger partial charge in [-0.25, -0.2) is 8.42 Å². The highest BCUT2D eigenvalue weighted by atomic mass is 32.2. The monoisotopic (exact) mass is 267 g/mol. The Hall–Kier alpha value is -1.36. The van der Waals surface area contributed by atoms with Crippen LogP contribution in [0.5, 0.6) is 0 Å². The van der Waals surface area contributed by atoms with Gasteiger partial charge in [0.25, 0.3) is 5.91 Å². The van der Waals surface area contributed by atoms with E-state index in [1.807, 2.05) is 0 Å². The molecule has 0 atom stereocenters. The molecule has 0 radical (unpaired) electrons. The number of amides is 1. The predicted molar refractivity (Wildman–Crippen MR) is 69.3 cm³/mol. The van der Waals surface area contributed by atoms with Crippen molar-refractivity contribution in [3.05, 3.63) is 29.8 Å². The fourth-order valence-corrected chi connectivity index (χ4v) is 4.25. The molecule has 1 amide bonds. The molecule has 0 heterocycles. The zero-order valence-electron chi connectivity index (χ0n) is 10.3. The summed E-state index contributed by atoms with van der Waals surface area (Å²) in [6.07, 6.45) is 3.40. The molecular weight excluding hydrogens is 250 g/mol. The Labute approximate surface area is 107 Å². The fraction of sp³-hybridized carbons (Fsp3) is 0.462. The van der Waals surface area contributed by atoms with Crippen molar-refractivity contribution in [3.8, 4) is 0 Å². The SMILES string of the molecule is CNC(=O)c1cccc(S(=O)(=O)C2CCCC2)c1. The summed E-state index contributed by atoms with van der Waals surface area (Å²) in [5.74, 6) is -0.265. The van der Waals surface area contributed by atoms with E-state index in [0.29, 0.717) is 5.56 Å². The smallest absolute Gasteiger partial charge is 0.251 e. The fourth-order valence-electron chi connectivity index (χ4n) is 2.35. The number of rotatable bonds is 3.